The van der Waals surface area contributed by atoms with Crippen LogP contribution in [-0.4, -0.2) is 28.6 Å². The lowest BCUT2D eigenvalue weighted by Crippen LogP contribution is -2.36. The molecule has 2 rings (SSSR count). The summed E-state index contributed by atoms with van der Waals surface area (Å²) in [4.78, 5) is 18.3. The molecule has 0 radical (unpaired) electrons. The van der Waals surface area contributed by atoms with Crippen LogP contribution in [0, 0.1) is 12.8 Å². The normalized spacial score (nSPS) is 15.6. The molecule has 1 aromatic rings. The van der Waals surface area contributed by atoms with Gasteiger partial charge in [0, 0.05) is 18.3 Å². The van der Waals surface area contributed by atoms with Crippen molar-refractivity contribution >= 4 is 11.8 Å². The van der Waals surface area contributed by atoms with Crippen molar-refractivity contribution in [3.05, 3.63) is 23.4 Å². The number of carbonyl (C=O) groups is 1. The number of rotatable bonds is 6. The summed E-state index contributed by atoms with van der Waals surface area (Å²) in [5.41, 5.74) is 1.21. The van der Waals surface area contributed by atoms with E-state index in [1.807, 2.05) is 6.92 Å². The van der Waals surface area contributed by atoms with Gasteiger partial charge in [-0.15, -0.1) is 0 Å². The number of carboxylic acid groups (broad SMARTS) is 1. The SMILES string of the molecule is Cc1ccc(C(=O)O)c(N(CCC(C)C)C2CCCC2)n1. The van der Waals surface area contributed by atoms with E-state index in [2.05, 4.69) is 23.7 Å². The molecular formula is C17H26N2O2. The van der Waals surface area contributed by atoms with Crippen molar-refractivity contribution in [2.75, 3.05) is 11.4 Å². The lowest BCUT2D eigenvalue weighted by Gasteiger charge is -2.32. The first-order chi connectivity index (χ1) is 9.99. The predicted molar refractivity (Wildman–Crippen MR) is 85.0 cm³/mol. The Morgan fingerprint density at radius 3 is 2.62 bits per heavy atom. The van der Waals surface area contributed by atoms with Gasteiger partial charge in [-0.2, -0.15) is 0 Å². The lowest BCUT2D eigenvalue weighted by molar-refractivity contribution is 0.0697. The van der Waals surface area contributed by atoms with Gasteiger partial charge in [0.1, 0.15) is 11.4 Å². The Morgan fingerprint density at radius 1 is 1.38 bits per heavy atom. The Labute approximate surface area is 127 Å². The zero-order chi connectivity index (χ0) is 15.4. The highest BCUT2D eigenvalue weighted by atomic mass is 16.4. The van der Waals surface area contributed by atoms with Crippen molar-refractivity contribution in [2.45, 2.75) is 58.9 Å². The van der Waals surface area contributed by atoms with Crippen molar-refractivity contribution in [3.8, 4) is 0 Å². The standard InChI is InChI=1S/C17H26N2O2/c1-12(2)10-11-19(14-6-4-5-7-14)16-15(17(20)21)9-8-13(3)18-16/h8-9,12,14H,4-7,10-11H2,1-3H3,(H,20,21). The minimum Gasteiger partial charge on any atom is -0.478 e. The quantitative estimate of drug-likeness (QED) is 0.863. The van der Waals surface area contributed by atoms with Crippen LogP contribution in [0.5, 0.6) is 0 Å². The fourth-order valence-electron chi connectivity index (χ4n) is 3.00. The van der Waals surface area contributed by atoms with Crippen LogP contribution in [0.2, 0.25) is 0 Å². The summed E-state index contributed by atoms with van der Waals surface area (Å²) >= 11 is 0. The number of aromatic carboxylic acids is 1. The fraction of sp³-hybridized carbons (Fsp3) is 0.647. The summed E-state index contributed by atoms with van der Waals surface area (Å²) in [6.07, 6.45) is 5.82. The average molecular weight is 290 g/mol. The van der Waals surface area contributed by atoms with Gasteiger partial charge in [-0.05, 0) is 44.2 Å². The fourth-order valence-corrected chi connectivity index (χ4v) is 3.00. The predicted octanol–water partition coefficient (Wildman–Crippen LogP) is 3.88. The molecule has 1 heterocycles. The van der Waals surface area contributed by atoms with Crippen molar-refractivity contribution in [1.82, 2.24) is 4.98 Å². The van der Waals surface area contributed by atoms with E-state index >= 15 is 0 Å². The minimum atomic E-state index is -0.884. The summed E-state index contributed by atoms with van der Waals surface area (Å²) in [6.45, 7) is 7.21. The summed E-state index contributed by atoms with van der Waals surface area (Å²) in [6, 6.07) is 3.91. The van der Waals surface area contributed by atoms with Gasteiger partial charge in [0.15, 0.2) is 0 Å². The Bertz CT molecular complexity index is 494. The monoisotopic (exact) mass is 290 g/mol. The Morgan fingerprint density at radius 2 is 2.05 bits per heavy atom. The topological polar surface area (TPSA) is 53.4 Å². The van der Waals surface area contributed by atoms with Crippen molar-refractivity contribution in [1.29, 1.82) is 0 Å². The number of carboxylic acids is 1. The molecular weight excluding hydrogens is 264 g/mol. The minimum absolute atomic E-state index is 0.330. The molecule has 4 nitrogen and oxygen atoms in total. The molecule has 1 N–H and O–H groups in total. The second-order valence-corrected chi connectivity index (χ2v) is 6.44. The molecule has 0 aliphatic heterocycles. The van der Waals surface area contributed by atoms with Gasteiger partial charge in [0.25, 0.3) is 0 Å². The van der Waals surface area contributed by atoms with Crippen molar-refractivity contribution < 1.29 is 9.90 Å². The van der Waals surface area contributed by atoms with Crippen LogP contribution >= 0.6 is 0 Å². The molecule has 0 aromatic carbocycles. The number of hydrogen-bond acceptors (Lipinski definition) is 3. The summed E-state index contributed by atoms with van der Waals surface area (Å²) in [5, 5.41) is 9.46. The lowest BCUT2D eigenvalue weighted by atomic mass is 10.1. The van der Waals surface area contributed by atoms with E-state index in [0.717, 1.165) is 31.5 Å². The average Bonchev–Trinajstić information content (AvgIpc) is 2.92. The number of aryl methyl sites for hydroxylation is 1. The molecule has 0 saturated heterocycles. The highest BCUT2D eigenvalue weighted by Crippen LogP contribution is 2.30. The first kappa shape index (κ1) is 15.8. The molecule has 1 aliphatic carbocycles. The van der Waals surface area contributed by atoms with E-state index in [4.69, 9.17) is 0 Å². The molecule has 1 saturated carbocycles. The van der Waals surface area contributed by atoms with Crippen LogP contribution in [0.25, 0.3) is 0 Å². The Kier molecular flexibility index (Phi) is 5.21. The summed E-state index contributed by atoms with van der Waals surface area (Å²) in [7, 11) is 0. The van der Waals surface area contributed by atoms with Gasteiger partial charge in [0.2, 0.25) is 0 Å². The number of nitrogens with zero attached hydrogens (tertiary/aromatic N) is 2. The van der Waals surface area contributed by atoms with E-state index in [-0.39, 0.29) is 0 Å². The Hall–Kier alpha value is -1.58. The van der Waals surface area contributed by atoms with Gasteiger partial charge >= 0.3 is 5.97 Å². The summed E-state index contributed by atoms with van der Waals surface area (Å²) < 4.78 is 0. The first-order valence-electron chi connectivity index (χ1n) is 7.96. The molecule has 1 aromatic heterocycles. The molecule has 1 aliphatic rings. The van der Waals surface area contributed by atoms with Crippen LogP contribution in [-0.2, 0) is 0 Å². The number of anilines is 1. The molecule has 0 bridgehead atoms. The third-order valence-electron chi connectivity index (χ3n) is 4.23. The second-order valence-electron chi connectivity index (χ2n) is 6.44. The maximum Gasteiger partial charge on any atom is 0.339 e. The van der Waals surface area contributed by atoms with Crippen LogP contribution in [0.1, 0.15) is 62.0 Å². The second kappa shape index (κ2) is 6.92. The van der Waals surface area contributed by atoms with E-state index in [0.29, 0.717) is 23.3 Å². The van der Waals surface area contributed by atoms with Crippen LogP contribution in [0.3, 0.4) is 0 Å². The molecule has 0 unspecified atom stereocenters. The molecule has 0 atom stereocenters. The van der Waals surface area contributed by atoms with Gasteiger partial charge in [-0.25, -0.2) is 9.78 Å². The molecule has 0 amide bonds. The molecule has 1 fully saturated rings. The number of pyridine rings is 1. The van der Waals surface area contributed by atoms with Gasteiger partial charge in [-0.3, -0.25) is 0 Å². The molecule has 21 heavy (non-hydrogen) atoms. The largest absolute Gasteiger partial charge is 0.478 e. The van der Waals surface area contributed by atoms with Crippen molar-refractivity contribution in [2.24, 2.45) is 5.92 Å². The van der Waals surface area contributed by atoms with Crippen LogP contribution in [0.4, 0.5) is 5.82 Å². The number of aromatic nitrogens is 1. The van der Waals surface area contributed by atoms with Crippen LogP contribution in [0.15, 0.2) is 12.1 Å². The molecule has 4 heteroatoms. The molecule has 0 spiro atoms. The van der Waals surface area contributed by atoms with E-state index in [9.17, 15) is 9.90 Å². The summed E-state index contributed by atoms with van der Waals surface area (Å²) in [5.74, 6) is 0.382. The van der Waals surface area contributed by atoms with Crippen molar-refractivity contribution in [3.63, 3.8) is 0 Å². The van der Waals surface area contributed by atoms with Gasteiger partial charge < -0.3 is 10.0 Å². The van der Waals surface area contributed by atoms with E-state index in [1.165, 1.54) is 12.8 Å². The maximum atomic E-state index is 11.5. The highest BCUT2D eigenvalue weighted by Gasteiger charge is 2.27. The van der Waals surface area contributed by atoms with Crippen LogP contribution < -0.4 is 4.90 Å². The van der Waals surface area contributed by atoms with Gasteiger partial charge in [-0.1, -0.05) is 26.7 Å². The van der Waals surface area contributed by atoms with Gasteiger partial charge in [0.05, 0.1) is 0 Å². The smallest absolute Gasteiger partial charge is 0.339 e. The Balaban J connectivity index is 2.34. The third-order valence-corrected chi connectivity index (χ3v) is 4.23. The maximum absolute atomic E-state index is 11.5. The van der Waals surface area contributed by atoms with E-state index in [1.54, 1.807) is 12.1 Å². The molecule has 116 valence electrons. The highest BCUT2D eigenvalue weighted by molar-refractivity contribution is 5.93. The first-order valence-corrected chi connectivity index (χ1v) is 7.96. The zero-order valence-corrected chi connectivity index (χ0v) is 13.3. The number of hydrogen-bond donors (Lipinski definition) is 1. The zero-order valence-electron chi connectivity index (χ0n) is 13.3. The van der Waals surface area contributed by atoms with E-state index < -0.39 is 5.97 Å². The third kappa shape index (κ3) is 3.96.